The van der Waals surface area contributed by atoms with Gasteiger partial charge in [-0.1, -0.05) is 12.8 Å². The molecule has 1 rings (SSSR count). The number of hydrogen-bond acceptors (Lipinski definition) is 3. The fourth-order valence-electron chi connectivity index (χ4n) is 2.11. The number of carbonyl (C=O) groups excluding carboxylic acids is 2. The molecule has 7 nitrogen and oxygen atoms in total. The highest BCUT2D eigenvalue weighted by Gasteiger charge is 2.32. The molecular formula is C11H19N3O4. The van der Waals surface area contributed by atoms with Gasteiger partial charge in [0.1, 0.15) is 12.6 Å². The predicted octanol–water partition coefficient (Wildman–Crippen LogP) is -0.147. The molecular weight excluding hydrogens is 238 g/mol. The maximum atomic E-state index is 12.1. The van der Waals surface area contributed by atoms with Crippen molar-refractivity contribution in [3.63, 3.8) is 0 Å². The third-order valence-electron chi connectivity index (χ3n) is 3.00. The number of urea groups is 1. The zero-order valence-electron chi connectivity index (χ0n) is 10.5. The van der Waals surface area contributed by atoms with Crippen LogP contribution < -0.4 is 5.73 Å². The molecule has 0 radical (unpaired) electrons. The average molecular weight is 257 g/mol. The number of carboxylic acid groups (broad SMARTS) is 1. The largest absolute Gasteiger partial charge is 0.480 e. The van der Waals surface area contributed by atoms with E-state index in [0.717, 1.165) is 24.2 Å². The Morgan fingerprint density at radius 3 is 2.56 bits per heavy atom. The van der Waals surface area contributed by atoms with Gasteiger partial charge in [0.25, 0.3) is 0 Å². The van der Waals surface area contributed by atoms with Crippen molar-refractivity contribution in [1.82, 2.24) is 9.80 Å². The Labute approximate surface area is 106 Å². The van der Waals surface area contributed by atoms with Gasteiger partial charge in [0, 0.05) is 13.6 Å². The molecule has 1 aliphatic heterocycles. The Bertz CT molecular complexity index is 345. The Morgan fingerprint density at radius 2 is 2.00 bits per heavy atom. The minimum Gasteiger partial charge on any atom is -0.480 e. The lowest BCUT2D eigenvalue weighted by atomic mass is 10.1. The first-order chi connectivity index (χ1) is 8.43. The van der Waals surface area contributed by atoms with Crippen LogP contribution in [-0.2, 0) is 9.59 Å². The molecule has 1 heterocycles. The molecule has 0 spiro atoms. The van der Waals surface area contributed by atoms with E-state index in [2.05, 4.69) is 0 Å². The Balaban J connectivity index is 2.78. The standard InChI is InChI=1S/C11H19N3O4/c1-13(7-9(12)15)11(18)14-6-4-2-3-5-8(14)10(16)17/h8H,2-7H2,1H3,(H2,12,15)(H,16,17). The highest BCUT2D eigenvalue weighted by Crippen LogP contribution is 2.18. The van der Waals surface area contributed by atoms with Crippen LogP contribution in [0.1, 0.15) is 25.7 Å². The number of carboxylic acids is 1. The summed E-state index contributed by atoms with van der Waals surface area (Å²) in [6.45, 7) is 0.195. The minimum atomic E-state index is -1.00. The van der Waals surface area contributed by atoms with Gasteiger partial charge in [-0.05, 0) is 12.8 Å². The second-order valence-corrected chi connectivity index (χ2v) is 4.50. The van der Waals surface area contributed by atoms with E-state index in [4.69, 9.17) is 10.8 Å². The van der Waals surface area contributed by atoms with Crippen molar-refractivity contribution in [2.24, 2.45) is 5.73 Å². The van der Waals surface area contributed by atoms with Gasteiger partial charge in [-0.3, -0.25) is 4.79 Å². The fraction of sp³-hybridized carbons (Fsp3) is 0.727. The summed E-state index contributed by atoms with van der Waals surface area (Å²) in [5.41, 5.74) is 5.02. The van der Waals surface area contributed by atoms with Gasteiger partial charge in [-0.15, -0.1) is 0 Å². The van der Waals surface area contributed by atoms with E-state index >= 15 is 0 Å². The summed E-state index contributed by atoms with van der Waals surface area (Å²) in [6.07, 6.45) is 2.93. The number of nitrogens with zero attached hydrogens (tertiary/aromatic N) is 2. The summed E-state index contributed by atoms with van der Waals surface area (Å²) in [5.74, 6) is -1.62. The number of amides is 3. The van der Waals surface area contributed by atoms with Gasteiger partial charge >= 0.3 is 12.0 Å². The lowest BCUT2D eigenvalue weighted by molar-refractivity contribution is -0.142. The molecule has 0 aliphatic carbocycles. The number of aliphatic carboxylic acids is 1. The molecule has 0 aromatic carbocycles. The Kier molecular flexibility index (Phi) is 4.94. The fourth-order valence-corrected chi connectivity index (χ4v) is 2.11. The topological polar surface area (TPSA) is 104 Å². The molecule has 102 valence electrons. The van der Waals surface area contributed by atoms with Gasteiger partial charge < -0.3 is 20.6 Å². The average Bonchev–Trinajstić information content (AvgIpc) is 2.52. The summed E-state index contributed by atoms with van der Waals surface area (Å²) in [5, 5.41) is 9.14. The normalized spacial score (nSPS) is 20.1. The monoisotopic (exact) mass is 257 g/mol. The smallest absolute Gasteiger partial charge is 0.326 e. The van der Waals surface area contributed by atoms with Crippen LogP contribution >= 0.6 is 0 Å². The zero-order valence-corrected chi connectivity index (χ0v) is 10.5. The summed E-state index contributed by atoms with van der Waals surface area (Å²) in [7, 11) is 1.44. The summed E-state index contributed by atoms with van der Waals surface area (Å²) in [6, 6.07) is -1.27. The van der Waals surface area contributed by atoms with Crippen molar-refractivity contribution in [1.29, 1.82) is 0 Å². The van der Waals surface area contributed by atoms with Gasteiger partial charge in [-0.2, -0.15) is 0 Å². The molecule has 0 aromatic rings. The lowest BCUT2D eigenvalue weighted by Crippen LogP contribution is -2.51. The van der Waals surface area contributed by atoms with Gasteiger partial charge in [-0.25, -0.2) is 9.59 Å². The number of carbonyl (C=O) groups is 3. The van der Waals surface area contributed by atoms with Gasteiger partial charge in [0.05, 0.1) is 0 Å². The van der Waals surface area contributed by atoms with E-state index in [1.54, 1.807) is 0 Å². The lowest BCUT2D eigenvalue weighted by Gasteiger charge is -2.30. The number of likely N-dealkylation sites (N-methyl/N-ethyl adjacent to an activating group) is 1. The maximum Gasteiger partial charge on any atom is 0.326 e. The molecule has 1 unspecified atom stereocenters. The van der Waals surface area contributed by atoms with Crippen molar-refractivity contribution in [3.8, 4) is 0 Å². The first kappa shape index (κ1) is 14.3. The number of likely N-dealkylation sites (tertiary alicyclic amines) is 1. The molecule has 1 saturated heterocycles. The van der Waals surface area contributed by atoms with Crippen LogP contribution in [0.4, 0.5) is 4.79 Å². The molecule has 7 heteroatoms. The van der Waals surface area contributed by atoms with Crippen molar-refractivity contribution in [2.75, 3.05) is 20.1 Å². The third kappa shape index (κ3) is 3.61. The Hall–Kier alpha value is -1.79. The maximum absolute atomic E-state index is 12.1. The molecule has 0 bridgehead atoms. The third-order valence-corrected chi connectivity index (χ3v) is 3.00. The van der Waals surface area contributed by atoms with Gasteiger partial charge in [0.15, 0.2) is 0 Å². The van der Waals surface area contributed by atoms with Crippen LogP contribution in [0, 0.1) is 0 Å². The van der Waals surface area contributed by atoms with Crippen LogP contribution in [-0.4, -0.2) is 59.0 Å². The van der Waals surface area contributed by atoms with Crippen LogP contribution in [0.3, 0.4) is 0 Å². The van der Waals surface area contributed by atoms with E-state index in [1.807, 2.05) is 0 Å². The van der Waals surface area contributed by atoms with Crippen molar-refractivity contribution >= 4 is 17.9 Å². The Morgan fingerprint density at radius 1 is 1.33 bits per heavy atom. The summed E-state index contributed by atoms with van der Waals surface area (Å²) >= 11 is 0. The van der Waals surface area contributed by atoms with Gasteiger partial charge in [0.2, 0.25) is 5.91 Å². The first-order valence-electron chi connectivity index (χ1n) is 5.96. The van der Waals surface area contributed by atoms with Crippen molar-refractivity contribution in [3.05, 3.63) is 0 Å². The second kappa shape index (κ2) is 6.23. The molecule has 18 heavy (non-hydrogen) atoms. The van der Waals surface area contributed by atoms with Crippen LogP contribution in [0.25, 0.3) is 0 Å². The van der Waals surface area contributed by atoms with Crippen LogP contribution in [0.5, 0.6) is 0 Å². The first-order valence-corrected chi connectivity index (χ1v) is 5.96. The number of primary amides is 1. The van der Waals surface area contributed by atoms with Crippen LogP contribution in [0.15, 0.2) is 0 Å². The molecule has 0 aromatic heterocycles. The molecule has 1 aliphatic rings. The van der Waals surface area contributed by atoms with E-state index in [0.29, 0.717) is 13.0 Å². The number of nitrogens with two attached hydrogens (primary N) is 1. The zero-order chi connectivity index (χ0) is 13.7. The number of rotatable bonds is 3. The summed E-state index contributed by atoms with van der Waals surface area (Å²) in [4.78, 5) is 36.5. The highest BCUT2D eigenvalue weighted by atomic mass is 16.4. The molecule has 0 saturated carbocycles. The molecule has 3 N–H and O–H groups in total. The number of hydrogen-bond donors (Lipinski definition) is 2. The van der Waals surface area contributed by atoms with E-state index in [-0.39, 0.29) is 6.54 Å². The molecule has 1 fully saturated rings. The van der Waals surface area contributed by atoms with Crippen molar-refractivity contribution < 1.29 is 19.5 Å². The van der Waals surface area contributed by atoms with E-state index < -0.39 is 23.9 Å². The molecule has 3 amide bonds. The van der Waals surface area contributed by atoms with Crippen LogP contribution in [0.2, 0.25) is 0 Å². The SMILES string of the molecule is CN(CC(N)=O)C(=O)N1CCCCCC1C(=O)O. The highest BCUT2D eigenvalue weighted by molar-refractivity contribution is 5.86. The van der Waals surface area contributed by atoms with Crippen molar-refractivity contribution in [2.45, 2.75) is 31.7 Å². The minimum absolute atomic E-state index is 0.207. The van der Waals surface area contributed by atoms with E-state index in [1.165, 1.54) is 11.9 Å². The second-order valence-electron chi connectivity index (χ2n) is 4.50. The quantitative estimate of drug-likeness (QED) is 0.733. The summed E-state index contributed by atoms with van der Waals surface area (Å²) < 4.78 is 0. The molecule has 1 atom stereocenters. The predicted molar refractivity (Wildman–Crippen MR) is 63.8 cm³/mol. The van der Waals surface area contributed by atoms with E-state index in [9.17, 15) is 14.4 Å².